The first kappa shape index (κ1) is 21.8. The Morgan fingerprint density at radius 2 is 1.85 bits per heavy atom. The second-order valence-electron chi connectivity index (χ2n) is 8.36. The van der Waals surface area contributed by atoms with Gasteiger partial charge < -0.3 is 14.5 Å². The maximum Gasteiger partial charge on any atom is 0.150 e. The number of benzene rings is 1. The highest BCUT2D eigenvalue weighted by Crippen LogP contribution is 2.35. The van der Waals surface area contributed by atoms with Crippen LogP contribution in [-0.4, -0.2) is 75.7 Å². The molecule has 7 nitrogen and oxygen atoms in total. The lowest BCUT2D eigenvalue weighted by Crippen LogP contribution is -2.44. The third-order valence-electron chi connectivity index (χ3n) is 6.11. The van der Waals surface area contributed by atoms with E-state index in [1.165, 1.54) is 6.33 Å². The Morgan fingerprint density at radius 1 is 1.03 bits per heavy atom. The van der Waals surface area contributed by atoms with E-state index in [-0.39, 0.29) is 0 Å². The fourth-order valence-electron chi connectivity index (χ4n) is 4.22. The number of likely N-dealkylation sites (N-methyl/N-ethyl adjacent to an activating group) is 1. The number of nitrogens with zero attached hydrogens (tertiary/aromatic N) is 6. The summed E-state index contributed by atoms with van der Waals surface area (Å²) in [6.07, 6.45) is 8.10. The van der Waals surface area contributed by atoms with Gasteiger partial charge in [-0.15, -0.1) is 0 Å². The van der Waals surface area contributed by atoms with Crippen LogP contribution in [-0.2, 0) is 0 Å². The molecule has 4 heterocycles. The summed E-state index contributed by atoms with van der Waals surface area (Å²) in [5.41, 5.74) is 3.68. The van der Waals surface area contributed by atoms with Crippen LogP contribution in [0.25, 0.3) is 27.8 Å². The van der Waals surface area contributed by atoms with Crippen LogP contribution >= 0.6 is 11.6 Å². The van der Waals surface area contributed by atoms with Gasteiger partial charge in [-0.2, -0.15) is 0 Å². The zero-order valence-corrected chi connectivity index (χ0v) is 19.4. The molecule has 1 aromatic carbocycles. The number of halogens is 1. The third-order valence-corrected chi connectivity index (χ3v) is 6.40. The second-order valence-corrected chi connectivity index (χ2v) is 8.72. The fourth-order valence-corrected chi connectivity index (χ4v) is 4.45. The summed E-state index contributed by atoms with van der Waals surface area (Å²) in [6.45, 7) is 6.38. The summed E-state index contributed by atoms with van der Waals surface area (Å²) in [4.78, 5) is 17.8. The maximum absolute atomic E-state index is 6.49. The van der Waals surface area contributed by atoms with Crippen LogP contribution in [0, 0.1) is 0 Å². The molecule has 0 bridgehead atoms. The number of hydrogen-bond donors (Lipinski definition) is 0. The molecule has 0 radical (unpaired) electrons. The molecular weight excluding hydrogens is 436 g/mol. The van der Waals surface area contributed by atoms with Crippen LogP contribution in [0.4, 0.5) is 0 Å². The van der Waals surface area contributed by atoms with Gasteiger partial charge in [0.1, 0.15) is 22.9 Å². The topological polar surface area (TPSA) is 59.3 Å². The van der Waals surface area contributed by atoms with Crippen LogP contribution in [0.15, 0.2) is 61.3 Å². The van der Waals surface area contributed by atoms with E-state index in [9.17, 15) is 0 Å². The Morgan fingerprint density at radius 3 is 2.61 bits per heavy atom. The van der Waals surface area contributed by atoms with Crippen molar-refractivity contribution in [2.45, 2.75) is 6.42 Å². The molecule has 5 rings (SSSR count). The molecule has 0 aliphatic carbocycles. The first-order chi connectivity index (χ1) is 16.2. The fraction of sp³-hybridized carbons (Fsp3) is 0.320. The van der Waals surface area contributed by atoms with Crippen molar-refractivity contribution in [1.82, 2.24) is 29.3 Å². The number of hydrogen-bond acceptors (Lipinski definition) is 6. The highest BCUT2D eigenvalue weighted by atomic mass is 35.5. The van der Waals surface area contributed by atoms with Crippen LogP contribution in [0.3, 0.4) is 0 Å². The van der Waals surface area contributed by atoms with E-state index < -0.39 is 0 Å². The maximum atomic E-state index is 6.49. The van der Waals surface area contributed by atoms with E-state index in [1.54, 1.807) is 12.4 Å². The van der Waals surface area contributed by atoms with Crippen molar-refractivity contribution in [3.8, 4) is 22.6 Å². The average molecular weight is 463 g/mol. The monoisotopic (exact) mass is 462 g/mol. The van der Waals surface area contributed by atoms with Crippen molar-refractivity contribution in [2.75, 3.05) is 46.4 Å². The first-order valence-corrected chi connectivity index (χ1v) is 11.6. The van der Waals surface area contributed by atoms with E-state index in [0.29, 0.717) is 11.8 Å². The van der Waals surface area contributed by atoms with Gasteiger partial charge in [-0.1, -0.05) is 23.7 Å². The molecule has 33 heavy (non-hydrogen) atoms. The molecule has 0 spiro atoms. The molecule has 1 fully saturated rings. The van der Waals surface area contributed by atoms with E-state index in [1.807, 2.05) is 35.0 Å². The Labute approximate surface area is 198 Å². The van der Waals surface area contributed by atoms with Gasteiger partial charge in [0, 0.05) is 50.7 Å². The lowest BCUT2D eigenvalue weighted by Gasteiger charge is -2.32. The summed E-state index contributed by atoms with van der Waals surface area (Å²) in [7, 11) is 2.18. The Kier molecular flexibility index (Phi) is 6.53. The van der Waals surface area contributed by atoms with Crippen LogP contribution in [0.5, 0.6) is 5.75 Å². The summed E-state index contributed by atoms with van der Waals surface area (Å²) in [5, 5.41) is 1.26. The number of ether oxygens (including phenoxy) is 1. The molecule has 1 aliphatic rings. The third kappa shape index (κ3) is 4.85. The van der Waals surface area contributed by atoms with Gasteiger partial charge in [0.25, 0.3) is 0 Å². The number of aromatic nitrogens is 4. The van der Waals surface area contributed by atoms with Crippen molar-refractivity contribution < 1.29 is 4.74 Å². The molecule has 0 unspecified atom stereocenters. The van der Waals surface area contributed by atoms with Gasteiger partial charge in [-0.3, -0.25) is 9.55 Å². The van der Waals surface area contributed by atoms with Crippen molar-refractivity contribution in [2.24, 2.45) is 0 Å². The van der Waals surface area contributed by atoms with Gasteiger partial charge >= 0.3 is 0 Å². The molecule has 8 heteroatoms. The predicted molar refractivity (Wildman–Crippen MR) is 131 cm³/mol. The molecule has 1 aliphatic heterocycles. The van der Waals surface area contributed by atoms with Gasteiger partial charge in [0.2, 0.25) is 0 Å². The smallest absolute Gasteiger partial charge is 0.150 e. The van der Waals surface area contributed by atoms with Gasteiger partial charge in [0.05, 0.1) is 23.9 Å². The Bertz CT molecular complexity index is 1200. The van der Waals surface area contributed by atoms with E-state index in [0.717, 1.165) is 72.7 Å². The highest BCUT2D eigenvalue weighted by Gasteiger charge is 2.17. The average Bonchev–Trinajstić information content (AvgIpc) is 3.25. The SMILES string of the molecule is CN1CCN(CCCOc2ccc(-c3cn(-c4cccnc4)c4ncnc(Cl)c34)cc2)CC1. The quantitative estimate of drug-likeness (QED) is 0.304. The van der Waals surface area contributed by atoms with Crippen molar-refractivity contribution >= 4 is 22.6 Å². The lowest BCUT2D eigenvalue weighted by atomic mass is 10.1. The van der Waals surface area contributed by atoms with Gasteiger partial charge in [-0.05, 0) is 43.3 Å². The molecule has 1 saturated heterocycles. The zero-order chi connectivity index (χ0) is 22.6. The number of piperazine rings is 1. The summed E-state index contributed by atoms with van der Waals surface area (Å²) < 4.78 is 7.99. The largest absolute Gasteiger partial charge is 0.494 e. The lowest BCUT2D eigenvalue weighted by molar-refractivity contribution is 0.145. The summed E-state index contributed by atoms with van der Waals surface area (Å²) >= 11 is 6.49. The minimum Gasteiger partial charge on any atom is -0.494 e. The minimum atomic E-state index is 0.432. The zero-order valence-electron chi connectivity index (χ0n) is 18.7. The summed E-state index contributed by atoms with van der Waals surface area (Å²) in [5.74, 6) is 0.871. The van der Waals surface area contributed by atoms with E-state index >= 15 is 0 Å². The number of fused-ring (bicyclic) bond motifs is 1. The Balaban J connectivity index is 1.30. The van der Waals surface area contributed by atoms with E-state index in [4.69, 9.17) is 16.3 Å². The van der Waals surface area contributed by atoms with Crippen molar-refractivity contribution in [3.05, 3.63) is 66.5 Å². The molecule has 0 saturated carbocycles. The molecule has 4 aromatic rings. The minimum absolute atomic E-state index is 0.432. The van der Waals surface area contributed by atoms with E-state index in [2.05, 4.69) is 43.9 Å². The van der Waals surface area contributed by atoms with Gasteiger partial charge in [-0.25, -0.2) is 9.97 Å². The highest BCUT2D eigenvalue weighted by molar-refractivity contribution is 6.35. The molecule has 170 valence electrons. The number of pyridine rings is 1. The number of rotatable bonds is 7. The molecular formula is C25H27ClN6O. The standard InChI is InChI=1S/C25H27ClN6O/c1-30-11-13-31(14-12-30)10-3-15-33-21-7-5-19(6-8-21)22-17-32(20-4-2-9-27-16-20)25-23(22)24(26)28-18-29-25/h2,4-9,16-18H,3,10-15H2,1H3. The van der Waals surface area contributed by atoms with Crippen LogP contribution < -0.4 is 4.74 Å². The Hall–Kier alpha value is -3.00. The van der Waals surface area contributed by atoms with Crippen molar-refractivity contribution in [3.63, 3.8) is 0 Å². The molecule has 0 amide bonds. The molecule has 0 atom stereocenters. The molecule has 0 N–H and O–H groups in total. The van der Waals surface area contributed by atoms with Crippen LogP contribution in [0.2, 0.25) is 5.15 Å². The van der Waals surface area contributed by atoms with Gasteiger partial charge in [0.15, 0.2) is 0 Å². The predicted octanol–water partition coefficient (Wildman–Crippen LogP) is 4.15. The summed E-state index contributed by atoms with van der Waals surface area (Å²) in [6, 6.07) is 12.0. The van der Waals surface area contributed by atoms with Crippen LogP contribution in [0.1, 0.15) is 6.42 Å². The molecule has 3 aromatic heterocycles. The van der Waals surface area contributed by atoms with Crippen molar-refractivity contribution in [1.29, 1.82) is 0 Å². The normalized spacial score (nSPS) is 15.2. The first-order valence-electron chi connectivity index (χ1n) is 11.2. The second kappa shape index (κ2) is 9.87.